The minimum absolute atomic E-state index is 0. The molecule has 2 aromatic heterocycles. The molecule has 0 fully saturated rings. The highest BCUT2D eigenvalue weighted by Gasteiger charge is 2.13. The molecule has 25 heavy (non-hydrogen) atoms. The van der Waals surface area contributed by atoms with Crippen LogP contribution in [-0.2, 0) is 0 Å². The van der Waals surface area contributed by atoms with Gasteiger partial charge < -0.3 is 19.9 Å². The molecule has 0 aliphatic rings. The number of rotatable bonds is 2. The third kappa shape index (κ3) is 3.65. The number of hydrogen-bond donors (Lipinski definition) is 3. The Kier molecular flexibility index (Phi) is 6.29. The van der Waals surface area contributed by atoms with E-state index in [4.69, 9.17) is 4.74 Å². The number of phenols is 1. The van der Waals surface area contributed by atoms with Crippen molar-refractivity contribution in [1.29, 1.82) is 0 Å². The number of nitrogens with one attached hydrogen (secondary N) is 1. The summed E-state index contributed by atoms with van der Waals surface area (Å²) in [7, 11) is 1.42. The molecule has 0 saturated heterocycles. The van der Waals surface area contributed by atoms with E-state index in [9.17, 15) is 15.0 Å². The average Bonchev–Trinajstić information content (AvgIpc) is 2.50. The summed E-state index contributed by atoms with van der Waals surface area (Å²) >= 11 is 0. The Morgan fingerprint density at radius 3 is 2.20 bits per heavy atom. The fourth-order valence-corrected chi connectivity index (χ4v) is 2.65. The van der Waals surface area contributed by atoms with Gasteiger partial charge in [0.25, 0.3) is 5.56 Å². The summed E-state index contributed by atoms with van der Waals surface area (Å²) in [5.74, 6) is 0.275. The summed E-state index contributed by atoms with van der Waals surface area (Å²) in [4.78, 5) is 19.2. The van der Waals surface area contributed by atoms with Crippen LogP contribution in [0.15, 0.2) is 29.1 Å². The Morgan fingerprint density at radius 1 is 1.04 bits per heavy atom. The van der Waals surface area contributed by atoms with Crippen molar-refractivity contribution in [3.63, 3.8) is 0 Å². The van der Waals surface area contributed by atoms with Crippen LogP contribution in [-0.4, -0.2) is 27.3 Å². The lowest BCUT2D eigenvalue weighted by molar-refractivity contribution is 0.408. The zero-order valence-corrected chi connectivity index (χ0v) is 15.4. The Bertz CT molecular complexity index is 963. The normalized spacial score (nSPS) is 10.0. The van der Waals surface area contributed by atoms with E-state index >= 15 is 0 Å². The summed E-state index contributed by atoms with van der Waals surface area (Å²) in [5, 5.41) is 19.8. The molecule has 6 nitrogen and oxygen atoms in total. The molecule has 3 N–H and O–H groups in total. The number of aromatic hydroxyl groups is 2. The summed E-state index contributed by atoms with van der Waals surface area (Å²) in [6.07, 6.45) is 0. The average molecular weight is 385 g/mol. The number of methoxy groups -OCH3 is 1. The van der Waals surface area contributed by atoms with Gasteiger partial charge in [-0.1, -0.05) is 0 Å². The monoisotopic (exact) mass is 384 g/mol. The van der Waals surface area contributed by atoms with Crippen LogP contribution in [0.2, 0.25) is 0 Å². The number of halogens is 2. The van der Waals surface area contributed by atoms with Crippen molar-refractivity contribution in [2.75, 3.05) is 7.11 Å². The first-order chi connectivity index (χ1) is 10.9. The number of benzene rings is 1. The van der Waals surface area contributed by atoms with Gasteiger partial charge in [0.1, 0.15) is 16.9 Å². The second kappa shape index (κ2) is 7.63. The maximum absolute atomic E-state index is 12.4. The Morgan fingerprint density at radius 2 is 1.64 bits per heavy atom. The van der Waals surface area contributed by atoms with Crippen LogP contribution in [0.1, 0.15) is 11.1 Å². The van der Waals surface area contributed by atoms with Crippen LogP contribution in [0.4, 0.5) is 0 Å². The van der Waals surface area contributed by atoms with Crippen LogP contribution in [0.5, 0.6) is 17.4 Å². The van der Waals surface area contributed by atoms with E-state index < -0.39 is 0 Å². The number of hydrogen-bond acceptors (Lipinski definition) is 5. The summed E-state index contributed by atoms with van der Waals surface area (Å²) < 4.78 is 5.14. The lowest BCUT2D eigenvalue weighted by Gasteiger charge is -2.10. The molecule has 0 bridgehead atoms. The molecule has 0 spiro atoms. The molecule has 0 atom stereocenters. The molecule has 2 heterocycles. The van der Waals surface area contributed by atoms with Crippen molar-refractivity contribution < 1.29 is 14.9 Å². The van der Waals surface area contributed by atoms with Gasteiger partial charge in [-0.15, -0.1) is 24.8 Å². The second-order valence-electron chi connectivity index (χ2n) is 5.41. The topological polar surface area (TPSA) is 95.4 Å². The number of pyridine rings is 2. The number of aromatic nitrogens is 2. The number of H-pyrrole nitrogens is 1. The second-order valence-corrected chi connectivity index (χ2v) is 5.41. The first-order valence-electron chi connectivity index (χ1n) is 7.02. The Balaban J connectivity index is 0.00000156. The number of fused-ring (bicyclic) bond motifs is 1. The Labute approximate surface area is 156 Å². The maximum Gasteiger partial charge on any atom is 0.261 e. The smallest absolute Gasteiger partial charge is 0.261 e. The zero-order valence-electron chi connectivity index (χ0n) is 13.8. The molecule has 0 amide bonds. The van der Waals surface area contributed by atoms with Crippen molar-refractivity contribution in [2.45, 2.75) is 13.8 Å². The van der Waals surface area contributed by atoms with Crippen LogP contribution >= 0.6 is 24.8 Å². The van der Waals surface area contributed by atoms with Crippen molar-refractivity contribution >= 4 is 35.7 Å². The molecular formula is C17H18Cl2N2O4. The van der Waals surface area contributed by atoms with Gasteiger partial charge in [0.15, 0.2) is 0 Å². The van der Waals surface area contributed by atoms with E-state index in [0.717, 1.165) is 5.56 Å². The summed E-state index contributed by atoms with van der Waals surface area (Å²) in [6.45, 7) is 3.58. The molecular weight excluding hydrogens is 367 g/mol. The number of aryl methyl sites for hydroxylation is 2. The zero-order chi connectivity index (χ0) is 16.7. The van der Waals surface area contributed by atoms with E-state index in [0.29, 0.717) is 22.3 Å². The van der Waals surface area contributed by atoms with Gasteiger partial charge >= 0.3 is 0 Å². The minimum Gasteiger partial charge on any atom is -0.507 e. The number of ether oxygens (including phenoxy) is 1. The molecule has 1 aromatic carbocycles. The highest BCUT2D eigenvalue weighted by atomic mass is 35.5. The molecule has 134 valence electrons. The lowest BCUT2D eigenvalue weighted by atomic mass is 10.0. The molecule has 8 heteroatoms. The summed E-state index contributed by atoms with van der Waals surface area (Å²) in [6, 6.07) is 6.52. The van der Waals surface area contributed by atoms with E-state index in [1.807, 2.05) is 0 Å². The fourth-order valence-electron chi connectivity index (χ4n) is 2.65. The predicted molar refractivity (Wildman–Crippen MR) is 102 cm³/mol. The van der Waals surface area contributed by atoms with Crippen molar-refractivity contribution in [3.8, 4) is 28.6 Å². The number of phenolic OH excluding ortho intramolecular Hbond substituents is 1. The van der Waals surface area contributed by atoms with Crippen LogP contribution in [0, 0.1) is 13.8 Å². The molecule has 3 rings (SSSR count). The first-order valence-corrected chi connectivity index (χ1v) is 7.02. The summed E-state index contributed by atoms with van der Waals surface area (Å²) in [5.41, 5.74) is 2.70. The van der Waals surface area contributed by atoms with Crippen LogP contribution in [0.25, 0.3) is 22.2 Å². The van der Waals surface area contributed by atoms with E-state index in [2.05, 4.69) is 9.97 Å². The first kappa shape index (κ1) is 20.6. The van der Waals surface area contributed by atoms with Gasteiger partial charge in [-0.05, 0) is 48.7 Å². The Hall–Kier alpha value is -2.44. The van der Waals surface area contributed by atoms with E-state index in [-0.39, 0.29) is 53.1 Å². The molecule has 3 aromatic rings. The number of aromatic amines is 1. The largest absolute Gasteiger partial charge is 0.507 e. The van der Waals surface area contributed by atoms with Gasteiger partial charge in [-0.2, -0.15) is 0 Å². The molecule has 0 aliphatic carbocycles. The molecule has 0 radical (unpaired) electrons. The van der Waals surface area contributed by atoms with Crippen molar-refractivity contribution in [2.24, 2.45) is 0 Å². The minimum atomic E-state index is -0.356. The number of nitrogens with zero attached hydrogens (tertiary/aromatic N) is 1. The van der Waals surface area contributed by atoms with Gasteiger partial charge in [0.2, 0.25) is 5.88 Å². The van der Waals surface area contributed by atoms with Gasteiger partial charge in [-0.3, -0.25) is 4.79 Å². The van der Waals surface area contributed by atoms with Crippen molar-refractivity contribution in [3.05, 3.63) is 45.7 Å². The highest BCUT2D eigenvalue weighted by molar-refractivity contribution is 5.87. The molecule has 0 saturated carbocycles. The molecule has 0 unspecified atom stereocenters. The van der Waals surface area contributed by atoms with Crippen LogP contribution in [0.3, 0.4) is 0 Å². The van der Waals surface area contributed by atoms with E-state index in [1.165, 1.54) is 13.2 Å². The highest BCUT2D eigenvalue weighted by Crippen LogP contribution is 2.30. The third-order valence-electron chi connectivity index (χ3n) is 3.78. The van der Waals surface area contributed by atoms with Gasteiger partial charge in [0, 0.05) is 6.07 Å². The van der Waals surface area contributed by atoms with Crippen LogP contribution < -0.4 is 10.3 Å². The standard InChI is InChI=1S/C17H16N2O4.2ClH/c1-8-4-10(5-9(2)16(8)21)11-6-12-15(17(22)19-11)13(23-3)7-14(20)18-12;;/h4-7,21H,1-3H3,(H,18,20)(H,19,22);2*1H. The molecule has 0 aliphatic heterocycles. The van der Waals surface area contributed by atoms with E-state index in [1.54, 1.807) is 32.0 Å². The fraction of sp³-hybridized carbons (Fsp3) is 0.176. The maximum atomic E-state index is 12.4. The van der Waals surface area contributed by atoms with Gasteiger partial charge in [0.05, 0.1) is 18.3 Å². The quantitative estimate of drug-likeness (QED) is 0.628. The lowest BCUT2D eigenvalue weighted by Crippen LogP contribution is -2.09. The predicted octanol–water partition coefficient (Wildman–Crippen LogP) is 3.47. The van der Waals surface area contributed by atoms with Gasteiger partial charge in [-0.25, -0.2) is 4.98 Å². The van der Waals surface area contributed by atoms with Crippen molar-refractivity contribution in [1.82, 2.24) is 9.97 Å². The third-order valence-corrected chi connectivity index (χ3v) is 3.78. The SMILES string of the molecule is COc1cc(O)nc2cc(-c3cc(C)c(O)c(C)c3)[nH]c(=O)c12.Cl.Cl.